The number of hydrogen-bond donors (Lipinski definition) is 0. The van der Waals surface area contributed by atoms with Gasteiger partial charge in [-0.15, -0.1) is 0 Å². The maximum atomic E-state index is 12.7. The van der Waals surface area contributed by atoms with Gasteiger partial charge in [0.2, 0.25) is 7.37 Å². The third kappa shape index (κ3) is 3.77. The van der Waals surface area contributed by atoms with Crippen molar-refractivity contribution in [1.82, 2.24) is 0 Å². The highest BCUT2D eigenvalue weighted by atomic mass is 31.2. The first-order valence-corrected chi connectivity index (χ1v) is 6.97. The van der Waals surface area contributed by atoms with Crippen molar-refractivity contribution in [3.63, 3.8) is 0 Å². The lowest BCUT2D eigenvalue weighted by atomic mass is 10.2. The van der Waals surface area contributed by atoms with Crippen molar-refractivity contribution < 1.29 is 13.5 Å². The minimum absolute atomic E-state index is 0.331. The van der Waals surface area contributed by atoms with E-state index in [0.29, 0.717) is 17.8 Å². The Hall–Kier alpha value is -0.660. The molecule has 0 bridgehead atoms. The van der Waals surface area contributed by atoms with Crippen LogP contribution in [0.15, 0.2) is 24.3 Å². The maximum Gasteiger partial charge on any atom is 0.229 e. The van der Waals surface area contributed by atoms with Crippen LogP contribution < -0.4 is 5.30 Å². The molecule has 0 spiro atoms. The molecular formula is C11H16FO2P. The number of rotatable bonds is 4. The molecule has 0 N–H and O–H groups in total. The second-order valence-electron chi connectivity index (χ2n) is 4.01. The highest BCUT2D eigenvalue weighted by molar-refractivity contribution is 7.66. The monoisotopic (exact) mass is 230 g/mol. The molecule has 0 amide bonds. The first kappa shape index (κ1) is 12.4. The summed E-state index contributed by atoms with van der Waals surface area (Å²) in [6.45, 7) is 5.99. The Balaban J connectivity index is 2.77. The highest BCUT2D eigenvalue weighted by Crippen LogP contribution is 2.41. The molecule has 0 saturated heterocycles. The first-order chi connectivity index (χ1) is 6.92. The zero-order valence-electron chi connectivity index (χ0n) is 9.24. The summed E-state index contributed by atoms with van der Waals surface area (Å²) in [6, 6.07) is 5.61. The van der Waals surface area contributed by atoms with Gasteiger partial charge in [-0.25, -0.2) is 4.39 Å². The van der Waals surface area contributed by atoms with E-state index in [0.717, 1.165) is 0 Å². The normalized spacial score (nSPS) is 15.3. The van der Waals surface area contributed by atoms with E-state index in [1.54, 1.807) is 6.66 Å². The van der Waals surface area contributed by atoms with Gasteiger partial charge in [-0.3, -0.25) is 4.57 Å². The van der Waals surface area contributed by atoms with Crippen molar-refractivity contribution in [2.24, 2.45) is 5.92 Å². The van der Waals surface area contributed by atoms with Gasteiger partial charge in [-0.1, -0.05) is 13.8 Å². The summed E-state index contributed by atoms with van der Waals surface area (Å²) in [5, 5.41) is 0.560. The summed E-state index contributed by atoms with van der Waals surface area (Å²) < 4.78 is 30.1. The zero-order valence-corrected chi connectivity index (χ0v) is 10.1. The summed E-state index contributed by atoms with van der Waals surface area (Å²) in [4.78, 5) is 0. The summed E-state index contributed by atoms with van der Waals surface area (Å²) in [5.74, 6) is 0.00123. The van der Waals surface area contributed by atoms with Crippen LogP contribution in [0.4, 0.5) is 4.39 Å². The van der Waals surface area contributed by atoms with E-state index < -0.39 is 7.37 Å². The fraction of sp³-hybridized carbons (Fsp3) is 0.455. The molecule has 84 valence electrons. The Morgan fingerprint density at radius 2 is 1.87 bits per heavy atom. The Kier molecular flexibility index (Phi) is 4.06. The molecular weight excluding hydrogens is 214 g/mol. The van der Waals surface area contributed by atoms with Gasteiger partial charge in [0, 0.05) is 12.0 Å². The molecule has 0 aromatic heterocycles. The minimum Gasteiger partial charge on any atom is -0.325 e. The molecule has 0 saturated carbocycles. The minimum atomic E-state index is -2.79. The van der Waals surface area contributed by atoms with Gasteiger partial charge in [-0.05, 0) is 30.2 Å². The fourth-order valence-electron chi connectivity index (χ4n) is 1.08. The maximum absolute atomic E-state index is 12.7. The van der Waals surface area contributed by atoms with Crippen LogP contribution in [0.1, 0.15) is 13.8 Å². The zero-order chi connectivity index (χ0) is 11.5. The van der Waals surface area contributed by atoms with Crippen molar-refractivity contribution in [3.8, 4) is 0 Å². The molecule has 15 heavy (non-hydrogen) atoms. The van der Waals surface area contributed by atoms with Crippen molar-refractivity contribution in [2.45, 2.75) is 13.8 Å². The van der Waals surface area contributed by atoms with E-state index >= 15 is 0 Å². The van der Waals surface area contributed by atoms with Gasteiger partial charge in [0.05, 0.1) is 6.61 Å². The van der Waals surface area contributed by atoms with Crippen LogP contribution in [0.25, 0.3) is 0 Å². The SMILES string of the molecule is CC(C)COP(C)(=O)c1ccc(F)cc1. The van der Waals surface area contributed by atoms with E-state index in [1.807, 2.05) is 13.8 Å². The number of halogens is 1. The number of hydrogen-bond acceptors (Lipinski definition) is 2. The van der Waals surface area contributed by atoms with E-state index in [-0.39, 0.29) is 5.82 Å². The highest BCUT2D eigenvalue weighted by Gasteiger charge is 2.19. The molecule has 0 heterocycles. The van der Waals surface area contributed by atoms with Crippen molar-refractivity contribution >= 4 is 12.7 Å². The summed E-state index contributed by atoms with van der Waals surface area (Å²) in [5.41, 5.74) is 0. The Bertz CT molecular complexity index is 359. The quantitative estimate of drug-likeness (QED) is 0.743. The molecule has 0 aliphatic carbocycles. The molecule has 1 aromatic carbocycles. The third-order valence-electron chi connectivity index (χ3n) is 1.95. The number of benzene rings is 1. The lowest BCUT2D eigenvalue weighted by molar-refractivity contribution is 0.278. The predicted molar refractivity (Wildman–Crippen MR) is 60.4 cm³/mol. The van der Waals surface area contributed by atoms with E-state index in [2.05, 4.69) is 0 Å². The van der Waals surface area contributed by atoms with Crippen LogP contribution in [0, 0.1) is 11.7 Å². The second kappa shape index (κ2) is 4.91. The molecule has 1 unspecified atom stereocenters. The molecule has 0 aliphatic heterocycles. The lowest BCUT2D eigenvalue weighted by Gasteiger charge is -2.15. The first-order valence-electron chi connectivity index (χ1n) is 4.90. The van der Waals surface area contributed by atoms with Gasteiger partial charge < -0.3 is 4.52 Å². The summed E-state index contributed by atoms with van der Waals surface area (Å²) in [7, 11) is -2.79. The third-order valence-corrected chi connectivity index (χ3v) is 3.83. The Morgan fingerprint density at radius 3 is 2.33 bits per heavy atom. The van der Waals surface area contributed by atoms with E-state index in [4.69, 9.17) is 4.52 Å². The van der Waals surface area contributed by atoms with Crippen LogP contribution in [0.3, 0.4) is 0 Å². The van der Waals surface area contributed by atoms with Crippen LogP contribution in [-0.2, 0) is 9.09 Å². The van der Waals surface area contributed by atoms with Crippen LogP contribution >= 0.6 is 7.37 Å². The van der Waals surface area contributed by atoms with Gasteiger partial charge in [0.1, 0.15) is 5.82 Å². The second-order valence-corrected chi connectivity index (χ2v) is 6.48. The molecule has 1 aromatic rings. The Labute approximate surface area is 89.9 Å². The molecule has 0 fully saturated rings. The standard InChI is InChI=1S/C11H16FO2P/c1-9(2)8-14-15(3,13)11-6-4-10(12)5-7-11/h4-7,9H,8H2,1-3H3. The summed E-state index contributed by atoms with van der Waals surface area (Å²) >= 11 is 0. The molecule has 1 atom stereocenters. The van der Waals surface area contributed by atoms with Crippen molar-refractivity contribution in [3.05, 3.63) is 30.1 Å². The largest absolute Gasteiger partial charge is 0.325 e. The molecule has 4 heteroatoms. The van der Waals surface area contributed by atoms with Crippen LogP contribution in [-0.4, -0.2) is 13.3 Å². The molecule has 0 aliphatic rings. The smallest absolute Gasteiger partial charge is 0.229 e. The van der Waals surface area contributed by atoms with Gasteiger partial charge in [-0.2, -0.15) is 0 Å². The van der Waals surface area contributed by atoms with E-state index in [9.17, 15) is 8.96 Å². The fourth-order valence-corrected chi connectivity index (χ4v) is 2.50. The Morgan fingerprint density at radius 1 is 1.33 bits per heavy atom. The molecule has 0 radical (unpaired) electrons. The summed E-state index contributed by atoms with van der Waals surface area (Å²) in [6.07, 6.45) is 0. The lowest BCUT2D eigenvalue weighted by Crippen LogP contribution is -2.09. The molecule has 1 rings (SSSR count). The van der Waals surface area contributed by atoms with Gasteiger partial charge >= 0.3 is 0 Å². The van der Waals surface area contributed by atoms with Gasteiger partial charge in [0.25, 0.3) is 0 Å². The topological polar surface area (TPSA) is 26.3 Å². The average Bonchev–Trinajstić information content (AvgIpc) is 2.16. The van der Waals surface area contributed by atoms with Crippen molar-refractivity contribution in [2.75, 3.05) is 13.3 Å². The van der Waals surface area contributed by atoms with E-state index in [1.165, 1.54) is 24.3 Å². The van der Waals surface area contributed by atoms with Gasteiger partial charge in [0.15, 0.2) is 0 Å². The van der Waals surface area contributed by atoms with Crippen LogP contribution in [0.5, 0.6) is 0 Å². The van der Waals surface area contributed by atoms with Crippen LogP contribution in [0.2, 0.25) is 0 Å². The van der Waals surface area contributed by atoms with Crippen molar-refractivity contribution in [1.29, 1.82) is 0 Å². The predicted octanol–water partition coefficient (Wildman–Crippen LogP) is 3.03. The molecule has 2 nitrogen and oxygen atoms in total. The average molecular weight is 230 g/mol.